The van der Waals surface area contributed by atoms with Gasteiger partial charge in [-0.15, -0.1) is 0 Å². The maximum absolute atomic E-state index is 12.5. The molecule has 4 rings (SSSR count). The van der Waals surface area contributed by atoms with Crippen LogP contribution in [-0.4, -0.2) is 14.6 Å². The minimum Gasteiger partial charge on any atom is -0.343 e. The van der Waals surface area contributed by atoms with Gasteiger partial charge in [0.1, 0.15) is 5.65 Å². The van der Waals surface area contributed by atoms with Crippen molar-refractivity contribution in [3.63, 3.8) is 0 Å². The highest BCUT2D eigenvalue weighted by Crippen LogP contribution is 2.34. The van der Waals surface area contributed by atoms with Gasteiger partial charge < -0.3 is 4.98 Å². The van der Waals surface area contributed by atoms with Crippen molar-refractivity contribution >= 4 is 17.2 Å². The van der Waals surface area contributed by atoms with Crippen LogP contribution in [0.25, 0.3) is 16.8 Å². The summed E-state index contributed by atoms with van der Waals surface area (Å²) in [5, 5.41) is 5.12. The SMILES string of the molecule is Cc1nn2c(=O)cc(C3CCCC3)[nH]c2c1-c1ccc(Cl)cc1. The molecular formula is C18H18ClN3O. The average Bonchev–Trinajstić information content (AvgIpc) is 3.16. The molecule has 0 radical (unpaired) electrons. The fourth-order valence-electron chi connectivity index (χ4n) is 3.59. The first kappa shape index (κ1) is 14.5. The number of rotatable bonds is 2. The molecule has 1 N–H and O–H groups in total. The summed E-state index contributed by atoms with van der Waals surface area (Å²) in [6.07, 6.45) is 4.77. The van der Waals surface area contributed by atoms with Gasteiger partial charge >= 0.3 is 0 Å². The molecule has 4 nitrogen and oxygen atoms in total. The van der Waals surface area contributed by atoms with E-state index in [1.54, 1.807) is 6.07 Å². The van der Waals surface area contributed by atoms with Crippen LogP contribution in [0.15, 0.2) is 35.1 Å². The zero-order valence-electron chi connectivity index (χ0n) is 13.0. The van der Waals surface area contributed by atoms with Crippen LogP contribution in [0.5, 0.6) is 0 Å². The third-order valence-electron chi connectivity index (χ3n) is 4.74. The molecular weight excluding hydrogens is 310 g/mol. The van der Waals surface area contributed by atoms with Crippen LogP contribution in [0, 0.1) is 6.92 Å². The zero-order chi connectivity index (χ0) is 16.0. The molecule has 118 valence electrons. The highest BCUT2D eigenvalue weighted by molar-refractivity contribution is 6.30. The normalized spacial score (nSPS) is 15.6. The summed E-state index contributed by atoms with van der Waals surface area (Å²) in [6, 6.07) is 9.36. The number of nitrogens with one attached hydrogen (secondary N) is 1. The van der Waals surface area contributed by atoms with Gasteiger partial charge in [-0.05, 0) is 43.4 Å². The summed E-state index contributed by atoms with van der Waals surface area (Å²) < 4.78 is 1.47. The number of benzene rings is 1. The van der Waals surface area contributed by atoms with Gasteiger partial charge in [-0.25, -0.2) is 0 Å². The fourth-order valence-corrected chi connectivity index (χ4v) is 3.71. The molecule has 1 saturated carbocycles. The lowest BCUT2D eigenvalue weighted by Crippen LogP contribution is -2.16. The lowest BCUT2D eigenvalue weighted by atomic mass is 10.0. The van der Waals surface area contributed by atoms with Gasteiger partial charge in [0, 0.05) is 22.3 Å². The summed E-state index contributed by atoms with van der Waals surface area (Å²) in [4.78, 5) is 15.9. The van der Waals surface area contributed by atoms with Crippen molar-refractivity contribution in [2.45, 2.75) is 38.5 Å². The Morgan fingerprint density at radius 1 is 1.22 bits per heavy atom. The third kappa shape index (κ3) is 2.47. The summed E-state index contributed by atoms with van der Waals surface area (Å²) in [7, 11) is 0. The van der Waals surface area contributed by atoms with Crippen molar-refractivity contribution in [2.75, 3.05) is 0 Å². The number of H-pyrrole nitrogens is 1. The summed E-state index contributed by atoms with van der Waals surface area (Å²) in [5.74, 6) is 0.459. The largest absolute Gasteiger partial charge is 0.343 e. The number of aromatic amines is 1. The second kappa shape index (κ2) is 5.53. The lowest BCUT2D eigenvalue weighted by Gasteiger charge is -2.10. The number of halogens is 1. The maximum Gasteiger partial charge on any atom is 0.274 e. The second-order valence-electron chi connectivity index (χ2n) is 6.27. The second-order valence-corrected chi connectivity index (χ2v) is 6.71. The van der Waals surface area contributed by atoms with Crippen LogP contribution >= 0.6 is 11.6 Å². The minimum atomic E-state index is -0.0658. The molecule has 5 heteroatoms. The minimum absolute atomic E-state index is 0.0658. The Morgan fingerprint density at radius 3 is 2.61 bits per heavy atom. The fraction of sp³-hybridized carbons (Fsp3) is 0.333. The van der Waals surface area contributed by atoms with E-state index in [4.69, 9.17) is 11.6 Å². The van der Waals surface area contributed by atoms with E-state index in [0.29, 0.717) is 10.9 Å². The van der Waals surface area contributed by atoms with Crippen LogP contribution in [0.2, 0.25) is 5.02 Å². The molecule has 23 heavy (non-hydrogen) atoms. The van der Waals surface area contributed by atoms with Gasteiger partial charge in [-0.3, -0.25) is 4.79 Å². The van der Waals surface area contributed by atoms with E-state index in [9.17, 15) is 4.79 Å². The number of aromatic nitrogens is 3. The Kier molecular flexibility index (Phi) is 3.49. The van der Waals surface area contributed by atoms with Crippen molar-refractivity contribution in [3.05, 3.63) is 57.1 Å². The van der Waals surface area contributed by atoms with Gasteiger partial charge in [-0.2, -0.15) is 9.61 Å². The Morgan fingerprint density at radius 2 is 1.91 bits per heavy atom. The highest BCUT2D eigenvalue weighted by atomic mass is 35.5. The molecule has 1 aliphatic carbocycles. The van der Waals surface area contributed by atoms with Crippen molar-refractivity contribution in [3.8, 4) is 11.1 Å². The van der Waals surface area contributed by atoms with E-state index in [1.165, 1.54) is 17.4 Å². The van der Waals surface area contributed by atoms with Gasteiger partial charge in [0.05, 0.1) is 5.69 Å². The Labute approximate surface area is 139 Å². The standard InChI is InChI=1S/C18H18ClN3O/c1-11-17(13-6-8-14(19)9-7-13)18-20-15(12-4-2-3-5-12)10-16(23)22(18)21-11/h6-10,12,20H,2-5H2,1H3. The van der Waals surface area contributed by atoms with Crippen molar-refractivity contribution in [1.29, 1.82) is 0 Å². The van der Waals surface area contributed by atoms with Crippen LogP contribution in [0.3, 0.4) is 0 Å². The topological polar surface area (TPSA) is 50.2 Å². The van der Waals surface area contributed by atoms with E-state index >= 15 is 0 Å². The number of nitrogens with zero attached hydrogens (tertiary/aromatic N) is 2. The average molecular weight is 328 g/mol. The number of fused-ring (bicyclic) bond motifs is 1. The quantitative estimate of drug-likeness (QED) is 0.762. The van der Waals surface area contributed by atoms with Gasteiger partial charge in [0.2, 0.25) is 0 Å². The van der Waals surface area contributed by atoms with Crippen LogP contribution in [0.4, 0.5) is 0 Å². The van der Waals surface area contributed by atoms with Crippen molar-refractivity contribution < 1.29 is 0 Å². The molecule has 2 aromatic heterocycles. The summed E-state index contributed by atoms with van der Waals surface area (Å²) in [6.45, 7) is 1.93. The predicted octanol–water partition coefficient (Wildman–Crippen LogP) is 4.31. The van der Waals surface area contributed by atoms with Crippen molar-refractivity contribution in [2.24, 2.45) is 0 Å². The Bertz CT molecular complexity index is 918. The van der Waals surface area contributed by atoms with Crippen molar-refractivity contribution in [1.82, 2.24) is 14.6 Å². The smallest absolute Gasteiger partial charge is 0.274 e. The van der Waals surface area contributed by atoms with Crippen LogP contribution in [-0.2, 0) is 0 Å². The van der Waals surface area contributed by atoms with Crippen LogP contribution in [0.1, 0.15) is 43.0 Å². The number of aryl methyl sites for hydroxylation is 1. The first-order valence-electron chi connectivity index (χ1n) is 8.02. The first-order chi connectivity index (χ1) is 11.1. The molecule has 3 aromatic rings. The summed E-state index contributed by atoms with van der Waals surface area (Å²) >= 11 is 5.99. The third-order valence-corrected chi connectivity index (χ3v) is 4.99. The van der Waals surface area contributed by atoms with Crippen LogP contribution < -0.4 is 5.56 Å². The van der Waals surface area contributed by atoms with Gasteiger partial charge in [0.15, 0.2) is 0 Å². The Balaban J connectivity index is 1.94. The van der Waals surface area contributed by atoms with E-state index < -0.39 is 0 Å². The molecule has 1 aromatic carbocycles. The molecule has 1 fully saturated rings. The van der Waals surface area contributed by atoms with E-state index in [-0.39, 0.29) is 5.56 Å². The van der Waals surface area contributed by atoms with E-state index in [0.717, 1.165) is 41.0 Å². The number of hydrogen-bond donors (Lipinski definition) is 1. The first-order valence-corrected chi connectivity index (χ1v) is 8.40. The van der Waals surface area contributed by atoms with E-state index in [1.807, 2.05) is 31.2 Å². The molecule has 0 bridgehead atoms. The lowest BCUT2D eigenvalue weighted by molar-refractivity contribution is 0.691. The zero-order valence-corrected chi connectivity index (χ0v) is 13.7. The maximum atomic E-state index is 12.5. The molecule has 0 aliphatic heterocycles. The highest BCUT2D eigenvalue weighted by Gasteiger charge is 2.21. The molecule has 0 saturated heterocycles. The molecule has 2 heterocycles. The molecule has 0 spiro atoms. The van der Waals surface area contributed by atoms with Gasteiger partial charge in [0.25, 0.3) is 5.56 Å². The predicted molar refractivity (Wildman–Crippen MR) is 92.2 cm³/mol. The molecule has 1 aliphatic rings. The number of hydrogen-bond acceptors (Lipinski definition) is 2. The van der Waals surface area contributed by atoms with Gasteiger partial charge in [-0.1, -0.05) is 36.6 Å². The Hall–Kier alpha value is -2.07. The molecule has 0 atom stereocenters. The molecule has 0 amide bonds. The monoisotopic (exact) mass is 327 g/mol. The summed E-state index contributed by atoms with van der Waals surface area (Å²) in [5.41, 5.74) is 4.57. The molecule has 0 unspecified atom stereocenters. The van der Waals surface area contributed by atoms with E-state index in [2.05, 4.69) is 10.1 Å².